The number of anilines is 1. The van der Waals surface area contributed by atoms with Gasteiger partial charge in [-0.05, 0) is 37.1 Å². The monoisotopic (exact) mass is 537 g/mol. The summed E-state index contributed by atoms with van der Waals surface area (Å²) in [6.07, 6.45) is 0. The molecule has 1 N–H and O–H groups in total. The van der Waals surface area contributed by atoms with Crippen molar-refractivity contribution in [2.75, 3.05) is 11.1 Å². The second-order valence-corrected chi connectivity index (χ2v) is 11.0. The van der Waals surface area contributed by atoms with Gasteiger partial charge in [-0.15, -0.1) is 32.9 Å². The number of aromatic nitrogens is 4. The molecule has 4 aromatic rings. The number of thiazole rings is 1. The molecule has 3 heterocycles. The van der Waals surface area contributed by atoms with Crippen LogP contribution in [0, 0.1) is 0 Å². The smallest absolute Gasteiger partial charge is 0.236 e. The van der Waals surface area contributed by atoms with Gasteiger partial charge in [0, 0.05) is 38.3 Å². The molecule has 172 valence electrons. The average Bonchev–Trinajstić information content (AvgIpc) is 3.51. The number of hydrogen-bond donors (Lipinski definition) is 1. The summed E-state index contributed by atoms with van der Waals surface area (Å²) in [7, 11) is 0. The van der Waals surface area contributed by atoms with Crippen molar-refractivity contribution in [3.05, 3.63) is 49.9 Å². The lowest BCUT2D eigenvalue weighted by Crippen LogP contribution is -2.14. The summed E-state index contributed by atoms with van der Waals surface area (Å²) in [4.78, 5) is 18.3. The number of halogens is 2. The minimum absolute atomic E-state index is 0.159. The van der Waals surface area contributed by atoms with Gasteiger partial charge in [0.05, 0.1) is 16.5 Å². The number of amides is 1. The zero-order chi connectivity index (χ0) is 23.5. The van der Waals surface area contributed by atoms with Crippen molar-refractivity contribution in [1.82, 2.24) is 19.7 Å². The van der Waals surface area contributed by atoms with Crippen LogP contribution in [0.15, 0.2) is 40.2 Å². The molecule has 4 rings (SSSR count). The lowest BCUT2D eigenvalue weighted by Gasteiger charge is -2.06. The molecule has 1 amide bonds. The molecule has 0 aliphatic carbocycles. The lowest BCUT2D eigenvalue weighted by atomic mass is 10.1. The van der Waals surface area contributed by atoms with Crippen LogP contribution in [0.4, 0.5) is 5.13 Å². The number of thioether (sulfide) groups is 1. The fraction of sp³-hybridized carbons (Fsp3) is 0.273. The van der Waals surface area contributed by atoms with E-state index in [9.17, 15) is 4.79 Å². The number of hydrogen-bond acceptors (Lipinski definition) is 7. The van der Waals surface area contributed by atoms with E-state index < -0.39 is 0 Å². The highest BCUT2D eigenvalue weighted by Gasteiger charge is 2.17. The highest BCUT2D eigenvalue weighted by Crippen LogP contribution is 2.33. The molecule has 6 nitrogen and oxygen atoms in total. The summed E-state index contributed by atoms with van der Waals surface area (Å²) < 4.78 is 2.04. The molecule has 3 aromatic heterocycles. The number of carbonyl (C=O) groups excluding carboxylic acids is 1. The van der Waals surface area contributed by atoms with Crippen molar-refractivity contribution in [3.63, 3.8) is 0 Å². The zero-order valence-electron chi connectivity index (χ0n) is 18.1. The SMILES string of the molecule is CCn1c(SCC(=O)Nc2nc(-c3ccc(Cl)cc3Cl)cs2)nnc1-c1csc(C(C)C)c1. The number of benzene rings is 1. The molecule has 0 bridgehead atoms. The van der Waals surface area contributed by atoms with Gasteiger partial charge in [-0.3, -0.25) is 4.79 Å². The molecule has 0 radical (unpaired) electrons. The molecule has 11 heteroatoms. The molecule has 1 aromatic carbocycles. The topological polar surface area (TPSA) is 72.7 Å². The van der Waals surface area contributed by atoms with Gasteiger partial charge in [-0.1, -0.05) is 48.8 Å². The Bertz CT molecular complexity index is 1280. The lowest BCUT2D eigenvalue weighted by molar-refractivity contribution is -0.113. The molecule has 0 saturated carbocycles. The van der Waals surface area contributed by atoms with E-state index in [2.05, 4.69) is 45.8 Å². The summed E-state index contributed by atoms with van der Waals surface area (Å²) in [5.41, 5.74) is 2.52. The van der Waals surface area contributed by atoms with E-state index in [1.165, 1.54) is 28.0 Å². The Labute approximate surface area is 214 Å². The fourth-order valence-corrected chi connectivity index (χ4v) is 6.04. The molecule has 0 spiro atoms. The second-order valence-electron chi connectivity index (χ2n) is 7.44. The Kier molecular flexibility index (Phi) is 7.76. The van der Waals surface area contributed by atoms with E-state index >= 15 is 0 Å². The van der Waals surface area contributed by atoms with Gasteiger partial charge in [0.25, 0.3) is 0 Å². The Morgan fingerprint density at radius 3 is 2.70 bits per heavy atom. The van der Waals surface area contributed by atoms with E-state index in [1.807, 2.05) is 22.9 Å². The van der Waals surface area contributed by atoms with Crippen molar-refractivity contribution in [1.29, 1.82) is 0 Å². The average molecular weight is 539 g/mol. The predicted molar refractivity (Wildman–Crippen MR) is 140 cm³/mol. The number of nitrogens with zero attached hydrogens (tertiary/aromatic N) is 4. The molecule has 0 fully saturated rings. The molecular formula is C22H21Cl2N5OS3. The maximum absolute atomic E-state index is 12.5. The van der Waals surface area contributed by atoms with Crippen molar-refractivity contribution >= 4 is 68.7 Å². The van der Waals surface area contributed by atoms with Gasteiger partial charge < -0.3 is 9.88 Å². The molecule has 0 aliphatic heterocycles. The van der Waals surface area contributed by atoms with Crippen LogP contribution >= 0.6 is 57.6 Å². The van der Waals surface area contributed by atoms with Crippen LogP contribution in [-0.4, -0.2) is 31.4 Å². The normalized spacial score (nSPS) is 11.3. The predicted octanol–water partition coefficient (Wildman–Crippen LogP) is 7.31. The van der Waals surface area contributed by atoms with Crippen LogP contribution in [0.25, 0.3) is 22.6 Å². The van der Waals surface area contributed by atoms with Gasteiger partial charge in [0.1, 0.15) is 0 Å². The third-order valence-electron chi connectivity index (χ3n) is 4.77. The van der Waals surface area contributed by atoms with E-state index in [0.717, 1.165) is 23.5 Å². The highest BCUT2D eigenvalue weighted by molar-refractivity contribution is 7.99. The first-order valence-corrected chi connectivity index (χ1v) is 13.7. The Balaban J connectivity index is 1.40. The van der Waals surface area contributed by atoms with Crippen LogP contribution in [-0.2, 0) is 11.3 Å². The van der Waals surface area contributed by atoms with E-state index in [4.69, 9.17) is 23.2 Å². The summed E-state index contributed by atoms with van der Waals surface area (Å²) >= 11 is 16.7. The summed E-state index contributed by atoms with van der Waals surface area (Å²) in [6, 6.07) is 7.41. The largest absolute Gasteiger partial charge is 0.302 e. The van der Waals surface area contributed by atoms with Crippen molar-refractivity contribution in [2.24, 2.45) is 0 Å². The van der Waals surface area contributed by atoms with Crippen molar-refractivity contribution in [2.45, 2.75) is 38.4 Å². The van der Waals surface area contributed by atoms with E-state index in [1.54, 1.807) is 23.5 Å². The first-order chi connectivity index (χ1) is 15.9. The number of nitrogens with one attached hydrogen (secondary N) is 1. The standard InChI is InChI=1S/C22H21Cl2N5OS3/c1-4-29-20(13-7-18(12(2)3)31-9-13)27-28-22(29)33-11-19(30)26-21-25-17(10-32-21)15-6-5-14(23)8-16(15)24/h5-10,12H,4,11H2,1-3H3,(H,25,26,30). The maximum atomic E-state index is 12.5. The quantitative estimate of drug-likeness (QED) is 0.238. The first kappa shape index (κ1) is 24.2. The van der Waals surface area contributed by atoms with Crippen LogP contribution in [0.1, 0.15) is 31.6 Å². The van der Waals surface area contributed by atoms with Gasteiger partial charge in [0.2, 0.25) is 5.91 Å². The summed E-state index contributed by atoms with van der Waals surface area (Å²) in [5, 5.41) is 17.8. The molecule has 0 aliphatic rings. The third kappa shape index (κ3) is 5.60. The van der Waals surface area contributed by atoms with Crippen LogP contribution in [0.5, 0.6) is 0 Å². The van der Waals surface area contributed by atoms with Gasteiger partial charge in [-0.2, -0.15) is 0 Å². The highest BCUT2D eigenvalue weighted by atomic mass is 35.5. The Morgan fingerprint density at radius 1 is 1.18 bits per heavy atom. The third-order valence-corrected chi connectivity index (χ3v) is 8.28. The molecular weight excluding hydrogens is 517 g/mol. The first-order valence-electron chi connectivity index (χ1n) is 10.2. The number of thiophene rings is 1. The van der Waals surface area contributed by atoms with Gasteiger partial charge in [-0.25, -0.2) is 4.98 Å². The Morgan fingerprint density at radius 2 is 2.00 bits per heavy atom. The molecule has 0 saturated heterocycles. The van der Waals surface area contributed by atoms with Crippen LogP contribution < -0.4 is 5.32 Å². The molecule has 33 heavy (non-hydrogen) atoms. The van der Waals surface area contributed by atoms with Gasteiger partial charge in [0.15, 0.2) is 16.1 Å². The number of carbonyl (C=O) groups is 1. The van der Waals surface area contributed by atoms with Gasteiger partial charge >= 0.3 is 0 Å². The van der Waals surface area contributed by atoms with Crippen LogP contribution in [0.2, 0.25) is 10.0 Å². The summed E-state index contributed by atoms with van der Waals surface area (Å²) in [6.45, 7) is 7.12. The molecule has 0 atom stereocenters. The zero-order valence-corrected chi connectivity index (χ0v) is 22.1. The fourth-order valence-electron chi connectivity index (χ4n) is 3.10. The molecule has 0 unspecified atom stereocenters. The Hall–Kier alpha value is -1.91. The second kappa shape index (κ2) is 10.6. The minimum atomic E-state index is -0.159. The van der Waals surface area contributed by atoms with Crippen LogP contribution in [0.3, 0.4) is 0 Å². The summed E-state index contributed by atoms with van der Waals surface area (Å²) in [5.74, 6) is 1.35. The van der Waals surface area contributed by atoms with E-state index in [-0.39, 0.29) is 11.7 Å². The van der Waals surface area contributed by atoms with E-state index in [0.29, 0.717) is 31.9 Å². The van der Waals surface area contributed by atoms with Crippen molar-refractivity contribution in [3.8, 4) is 22.6 Å². The van der Waals surface area contributed by atoms with Crippen molar-refractivity contribution < 1.29 is 4.79 Å². The number of rotatable bonds is 8. The minimum Gasteiger partial charge on any atom is -0.302 e. The maximum Gasteiger partial charge on any atom is 0.236 e.